The zero-order chi connectivity index (χ0) is 16.6. The molecule has 0 fully saturated rings. The van der Waals surface area contributed by atoms with Gasteiger partial charge in [-0.05, 0) is 12.8 Å². The van der Waals surface area contributed by atoms with Crippen LogP contribution in [0.5, 0.6) is 0 Å². The second-order valence-electron chi connectivity index (χ2n) is 5.97. The molecule has 0 spiro atoms. The maximum absolute atomic E-state index is 12.6. The van der Waals surface area contributed by atoms with Gasteiger partial charge in [0.15, 0.2) is 11.5 Å². The van der Waals surface area contributed by atoms with Crippen molar-refractivity contribution in [3.05, 3.63) is 17.1 Å². The lowest BCUT2D eigenvalue weighted by Crippen LogP contribution is -2.32. The first-order valence-electron chi connectivity index (χ1n) is 8.25. The summed E-state index contributed by atoms with van der Waals surface area (Å²) >= 11 is 0. The molecule has 0 aliphatic carbocycles. The molecule has 1 aliphatic heterocycles. The molecule has 1 amide bonds. The minimum absolute atomic E-state index is 0.0934. The first-order valence-corrected chi connectivity index (χ1v) is 8.25. The monoisotopic (exact) mass is 317 g/mol. The van der Waals surface area contributed by atoms with Gasteiger partial charge in [-0.25, -0.2) is 0 Å². The van der Waals surface area contributed by atoms with Crippen LogP contribution in [0.2, 0.25) is 0 Å². The average molecular weight is 317 g/mol. The molecule has 2 aromatic heterocycles. The molecule has 124 valence electrons. The lowest BCUT2D eigenvalue weighted by atomic mass is 10.0. The van der Waals surface area contributed by atoms with Crippen LogP contribution in [0.15, 0.2) is 4.52 Å². The summed E-state index contributed by atoms with van der Waals surface area (Å²) in [5.74, 6) is 1.42. The van der Waals surface area contributed by atoms with Crippen molar-refractivity contribution in [2.24, 2.45) is 13.0 Å². The summed E-state index contributed by atoms with van der Waals surface area (Å²) in [7, 11) is 1.89. The predicted octanol–water partition coefficient (Wildman–Crippen LogP) is 2.31. The van der Waals surface area contributed by atoms with Crippen molar-refractivity contribution in [2.75, 3.05) is 0 Å². The van der Waals surface area contributed by atoms with Crippen molar-refractivity contribution in [1.29, 1.82) is 0 Å². The summed E-state index contributed by atoms with van der Waals surface area (Å²) in [6.45, 7) is 7.27. The number of nitrogens with zero attached hydrogens (tertiary/aromatic N) is 5. The van der Waals surface area contributed by atoms with Crippen molar-refractivity contribution in [2.45, 2.75) is 53.1 Å². The van der Waals surface area contributed by atoms with Gasteiger partial charge in [-0.15, -0.1) is 0 Å². The molecule has 3 heterocycles. The van der Waals surface area contributed by atoms with Gasteiger partial charge >= 0.3 is 0 Å². The van der Waals surface area contributed by atoms with Gasteiger partial charge in [-0.2, -0.15) is 10.1 Å². The SMILES string of the molecule is CCc1noc(-c2nn(C)c3c2CN(C(=O)C(CC)CC)C3)n1. The second kappa shape index (κ2) is 6.14. The number of fused-ring (bicyclic) bond motifs is 1. The molecule has 7 nitrogen and oxygen atoms in total. The summed E-state index contributed by atoms with van der Waals surface area (Å²) in [6, 6.07) is 0. The van der Waals surface area contributed by atoms with Gasteiger partial charge in [-0.1, -0.05) is 25.9 Å². The number of hydrogen-bond acceptors (Lipinski definition) is 5. The van der Waals surface area contributed by atoms with E-state index in [1.807, 2.05) is 23.6 Å². The molecule has 0 atom stereocenters. The molecule has 7 heteroatoms. The third-order valence-corrected chi connectivity index (χ3v) is 4.60. The Morgan fingerprint density at radius 1 is 1.26 bits per heavy atom. The molecule has 1 aliphatic rings. The molecule has 3 rings (SSSR count). The van der Waals surface area contributed by atoms with Crippen LogP contribution >= 0.6 is 0 Å². The first kappa shape index (κ1) is 15.7. The van der Waals surface area contributed by atoms with E-state index in [0.717, 1.165) is 30.5 Å². The van der Waals surface area contributed by atoms with Crippen molar-refractivity contribution in [1.82, 2.24) is 24.8 Å². The zero-order valence-electron chi connectivity index (χ0n) is 14.2. The van der Waals surface area contributed by atoms with Gasteiger partial charge in [0, 0.05) is 24.9 Å². The average Bonchev–Trinajstić information content (AvgIpc) is 3.25. The second-order valence-corrected chi connectivity index (χ2v) is 5.97. The molecule has 0 saturated heterocycles. The molecule has 0 unspecified atom stereocenters. The van der Waals surface area contributed by atoms with Crippen LogP contribution in [0.1, 0.15) is 50.7 Å². The first-order chi connectivity index (χ1) is 11.1. The number of carbonyl (C=O) groups is 1. The van der Waals surface area contributed by atoms with Crippen LogP contribution in [-0.2, 0) is 31.4 Å². The van der Waals surface area contributed by atoms with Gasteiger partial charge in [0.2, 0.25) is 5.91 Å². The Kier molecular flexibility index (Phi) is 4.19. The highest BCUT2D eigenvalue weighted by Gasteiger charge is 2.33. The van der Waals surface area contributed by atoms with Gasteiger partial charge in [-0.3, -0.25) is 9.48 Å². The number of rotatable bonds is 5. The normalized spacial score (nSPS) is 13.9. The predicted molar refractivity (Wildman–Crippen MR) is 84.2 cm³/mol. The summed E-state index contributed by atoms with van der Waals surface area (Å²) in [6.07, 6.45) is 2.46. The van der Waals surface area contributed by atoms with Gasteiger partial charge in [0.1, 0.15) is 0 Å². The van der Waals surface area contributed by atoms with Crippen LogP contribution in [0.25, 0.3) is 11.6 Å². The van der Waals surface area contributed by atoms with Crippen molar-refractivity contribution < 1.29 is 9.32 Å². The third kappa shape index (κ3) is 2.64. The molecule has 23 heavy (non-hydrogen) atoms. The zero-order valence-corrected chi connectivity index (χ0v) is 14.2. The number of aryl methyl sites for hydroxylation is 2. The summed E-state index contributed by atoms with van der Waals surface area (Å²) in [4.78, 5) is 18.9. The van der Waals surface area contributed by atoms with Crippen molar-refractivity contribution in [3.8, 4) is 11.6 Å². The van der Waals surface area contributed by atoms with Crippen LogP contribution in [-0.4, -0.2) is 30.7 Å². The van der Waals surface area contributed by atoms with E-state index >= 15 is 0 Å². The molecular formula is C16H23N5O2. The fourth-order valence-corrected chi connectivity index (χ4v) is 3.11. The Labute approximate surface area is 135 Å². The Balaban J connectivity index is 1.88. The Bertz CT molecular complexity index is 714. The van der Waals surface area contributed by atoms with E-state index in [9.17, 15) is 4.79 Å². The molecule has 0 aromatic carbocycles. The highest BCUT2D eigenvalue weighted by molar-refractivity contribution is 5.80. The van der Waals surface area contributed by atoms with Crippen LogP contribution in [0, 0.1) is 5.92 Å². The Morgan fingerprint density at radius 3 is 2.61 bits per heavy atom. The summed E-state index contributed by atoms with van der Waals surface area (Å²) < 4.78 is 7.15. The van der Waals surface area contributed by atoms with E-state index in [-0.39, 0.29) is 11.8 Å². The third-order valence-electron chi connectivity index (χ3n) is 4.60. The van der Waals surface area contributed by atoms with Crippen LogP contribution in [0.3, 0.4) is 0 Å². The minimum atomic E-state index is 0.0934. The number of amides is 1. The van der Waals surface area contributed by atoms with E-state index < -0.39 is 0 Å². The lowest BCUT2D eigenvalue weighted by molar-refractivity contribution is -0.136. The lowest BCUT2D eigenvalue weighted by Gasteiger charge is -2.21. The number of carbonyl (C=O) groups excluding carboxylic acids is 1. The highest BCUT2D eigenvalue weighted by Crippen LogP contribution is 2.32. The Morgan fingerprint density at radius 2 is 2.00 bits per heavy atom. The van der Waals surface area contributed by atoms with Gasteiger partial charge in [0.25, 0.3) is 5.89 Å². The van der Waals surface area contributed by atoms with Crippen LogP contribution in [0.4, 0.5) is 0 Å². The number of hydrogen-bond donors (Lipinski definition) is 0. The van der Waals surface area contributed by atoms with Gasteiger partial charge in [0.05, 0.1) is 18.8 Å². The van der Waals surface area contributed by atoms with E-state index in [2.05, 4.69) is 29.1 Å². The fourth-order valence-electron chi connectivity index (χ4n) is 3.11. The van der Waals surface area contributed by atoms with Crippen molar-refractivity contribution >= 4 is 5.91 Å². The molecule has 0 bridgehead atoms. The highest BCUT2D eigenvalue weighted by atomic mass is 16.5. The van der Waals surface area contributed by atoms with E-state index in [1.165, 1.54) is 0 Å². The molecule has 0 N–H and O–H groups in total. The maximum atomic E-state index is 12.6. The maximum Gasteiger partial charge on any atom is 0.278 e. The van der Waals surface area contributed by atoms with Gasteiger partial charge < -0.3 is 9.42 Å². The Hall–Kier alpha value is -2.18. The quantitative estimate of drug-likeness (QED) is 0.845. The fraction of sp³-hybridized carbons (Fsp3) is 0.625. The number of aromatic nitrogens is 4. The molecule has 0 saturated carbocycles. The van der Waals surface area contributed by atoms with Crippen LogP contribution < -0.4 is 0 Å². The van der Waals surface area contributed by atoms with E-state index in [4.69, 9.17) is 4.52 Å². The topological polar surface area (TPSA) is 77.0 Å². The summed E-state index contributed by atoms with van der Waals surface area (Å²) in [5, 5.41) is 8.45. The summed E-state index contributed by atoms with van der Waals surface area (Å²) in [5.41, 5.74) is 2.78. The van der Waals surface area contributed by atoms with E-state index in [1.54, 1.807) is 0 Å². The van der Waals surface area contributed by atoms with Crippen molar-refractivity contribution in [3.63, 3.8) is 0 Å². The molecule has 2 aromatic rings. The van der Waals surface area contributed by atoms with E-state index in [0.29, 0.717) is 30.5 Å². The largest absolute Gasteiger partial charge is 0.332 e. The molecule has 0 radical (unpaired) electrons. The standard InChI is InChI=1S/C16H23N5O2/c1-5-10(6-2)16(22)21-8-11-12(9-21)20(4)18-14(11)15-17-13(7-3)19-23-15/h10H,5-9H2,1-4H3. The minimum Gasteiger partial charge on any atom is -0.332 e. The smallest absolute Gasteiger partial charge is 0.278 e. The molecular weight excluding hydrogens is 294 g/mol.